The molecule has 1 aromatic rings. The fourth-order valence-corrected chi connectivity index (χ4v) is 5.43. The zero-order valence-electron chi connectivity index (χ0n) is 15.2. The van der Waals surface area contributed by atoms with E-state index in [1.165, 1.54) is 41.0 Å². The molecule has 22 heavy (non-hydrogen) atoms. The molecular weight excluding hydrogens is 420 g/mol. The van der Waals surface area contributed by atoms with Crippen molar-refractivity contribution in [1.29, 1.82) is 0 Å². The van der Waals surface area contributed by atoms with E-state index in [-0.39, 0.29) is 17.0 Å². The van der Waals surface area contributed by atoms with E-state index in [4.69, 9.17) is 9.53 Å². The molecule has 0 saturated heterocycles. The van der Waals surface area contributed by atoms with Crippen molar-refractivity contribution < 1.29 is 17.0 Å². The van der Waals surface area contributed by atoms with Gasteiger partial charge in [-0.15, -0.1) is 15.8 Å². The van der Waals surface area contributed by atoms with Gasteiger partial charge in [-0.2, -0.15) is 0 Å². The first-order valence-electron chi connectivity index (χ1n) is 8.33. The molecule has 0 aliphatic rings. The van der Waals surface area contributed by atoms with Gasteiger partial charge in [0.15, 0.2) is 0 Å². The summed E-state index contributed by atoms with van der Waals surface area (Å²) >= 11 is 0.235. The van der Waals surface area contributed by atoms with Crippen molar-refractivity contribution in [1.82, 2.24) is 0 Å². The van der Waals surface area contributed by atoms with Crippen LogP contribution in [-0.4, -0.2) is 37.0 Å². The third-order valence-corrected chi connectivity index (χ3v) is 10.5. The van der Waals surface area contributed by atoms with Crippen molar-refractivity contribution in [2.75, 3.05) is 37.0 Å². The SMILES string of the molecule is CCP(CC)CC.CCP(CC)CC.[Cl][Pd][c]1ccccc1. The van der Waals surface area contributed by atoms with E-state index in [1.807, 2.05) is 30.3 Å². The first-order valence-corrected chi connectivity index (χ1v) is 14.9. The molecule has 0 aromatic heterocycles. The van der Waals surface area contributed by atoms with Gasteiger partial charge in [0, 0.05) is 0 Å². The topological polar surface area (TPSA) is 0 Å². The Morgan fingerprint density at radius 2 is 1.00 bits per heavy atom. The summed E-state index contributed by atoms with van der Waals surface area (Å²) in [5.41, 5.74) is 0. The quantitative estimate of drug-likeness (QED) is 0.321. The second-order valence-corrected chi connectivity index (χ2v) is 12.9. The normalized spacial score (nSPS) is 10.0. The predicted octanol–water partition coefficient (Wildman–Crippen LogP) is 6.60. The van der Waals surface area contributed by atoms with Gasteiger partial charge in [0.25, 0.3) is 0 Å². The van der Waals surface area contributed by atoms with Gasteiger partial charge in [0.2, 0.25) is 0 Å². The van der Waals surface area contributed by atoms with Gasteiger partial charge in [-0.25, -0.2) is 0 Å². The second kappa shape index (κ2) is 20.1. The second-order valence-electron chi connectivity index (χ2n) is 4.56. The van der Waals surface area contributed by atoms with Crippen molar-refractivity contribution in [3.63, 3.8) is 0 Å². The molecule has 0 nitrogen and oxygen atoms in total. The van der Waals surface area contributed by atoms with E-state index >= 15 is 0 Å². The van der Waals surface area contributed by atoms with Crippen LogP contribution in [0.25, 0.3) is 0 Å². The summed E-state index contributed by atoms with van der Waals surface area (Å²) in [5, 5.41) is 0. The van der Waals surface area contributed by atoms with Crippen LogP contribution in [0.2, 0.25) is 0 Å². The van der Waals surface area contributed by atoms with Gasteiger partial charge in [-0.05, 0) is 37.0 Å². The fraction of sp³-hybridized carbons (Fsp3) is 0.667. The van der Waals surface area contributed by atoms with Gasteiger partial charge in [0.1, 0.15) is 0 Å². The number of halogens is 1. The van der Waals surface area contributed by atoms with Gasteiger partial charge in [-0.1, -0.05) is 41.5 Å². The van der Waals surface area contributed by atoms with Gasteiger partial charge >= 0.3 is 60.9 Å². The molecule has 0 fully saturated rings. The Labute approximate surface area is 154 Å². The molecule has 0 atom stereocenters. The van der Waals surface area contributed by atoms with E-state index in [2.05, 4.69) is 41.5 Å². The summed E-state index contributed by atoms with van der Waals surface area (Å²) in [7, 11) is 6.47. The minimum absolute atomic E-state index is 0.235. The molecule has 0 spiro atoms. The number of benzene rings is 1. The Balaban J connectivity index is 0. The van der Waals surface area contributed by atoms with E-state index < -0.39 is 0 Å². The summed E-state index contributed by atoms with van der Waals surface area (Å²) in [5.74, 6) is 0. The molecule has 134 valence electrons. The van der Waals surface area contributed by atoms with Crippen molar-refractivity contribution in [3.8, 4) is 0 Å². The summed E-state index contributed by atoms with van der Waals surface area (Å²) in [6.07, 6.45) is 8.51. The van der Waals surface area contributed by atoms with E-state index in [0.29, 0.717) is 15.8 Å². The zero-order valence-corrected chi connectivity index (χ0v) is 19.3. The molecular formula is C18H35ClP2Pd. The Morgan fingerprint density at radius 3 is 1.14 bits per heavy atom. The molecule has 0 aliphatic carbocycles. The van der Waals surface area contributed by atoms with Gasteiger partial charge in [0.05, 0.1) is 0 Å². The van der Waals surface area contributed by atoms with E-state index in [1.54, 1.807) is 0 Å². The van der Waals surface area contributed by atoms with Crippen LogP contribution in [0.5, 0.6) is 0 Å². The molecule has 0 radical (unpaired) electrons. The first kappa shape index (κ1) is 25.3. The summed E-state index contributed by atoms with van der Waals surface area (Å²) in [4.78, 5) is 0. The molecule has 0 unspecified atom stereocenters. The Hall–Kier alpha value is 1.03. The molecule has 1 rings (SSSR count). The summed E-state index contributed by atoms with van der Waals surface area (Å²) in [6, 6.07) is 10.0. The van der Waals surface area contributed by atoms with Crippen molar-refractivity contribution >= 4 is 29.4 Å². The monoisotopic (exact) mass is 454 g/mol. The van der Waals surface area contributed by atoms with Crippen LogP contribution >= 0.6 is 25.4 Å². The maximum atomic E-state index is 5.58. The van der Waals surface area contributed by atoms with Crippen LogP contribution < -0.4 is 4.04 Å². The van der Waals surface area contributed by atoms with Crippen LogP contribution in [-0.2, 0) is 17.0 Å². The molecule has 0 heterocycles. The maximum absolute atomic E-state index is 5.58. The third-order valence-electron chi connectivity index (χ3n) is 3.46. The average molecular weight is 455 g/mol. The van der Waals surface area contributed by atoms with Crippen LogP contribution in [0, 0.1) is 0 Å². The van der Waals surface area contributed by atoms with Gasteiger partial charge < -0.3 is 0 Å². The molecule has 4 heteroatoms. The van der Waals surface area contributed by atoms with Gasteiger partial charge in [-0.3, -0.25) is 0 Å². The summed E-state index contributed by atoms with van der Waals surface area (Å²) in [6.45, 7) is 13.7. The molecule has 0 aliphatic heterocycles. The van der Waals surface area contributed by atoms with E-state index in [0.717, 1.165) is 0 Å². The van der Waals surface area contributed by atoms with Crippen LogP contribution in [0.4, 0.5) is 0 Å². The molecule has 0 bridgehead atoms. The first-order chi connectivity index (χ1) is 10.6. The van der Waals surface area contributed by atoms with Crippen LogP contribution in [0.3, 0.4) is 0 Å². The van der Waals surface area contributed by atoms with Crippen molar-refractivity contribution in [2.45, 2.75) is 41.5 Å². The van der Waals surface area contributed by atoms with Crippen LogP contribution in [0.15, 0.2) is 30.3 Å². The number of hydrogen-bond acceptors (Lipinski definition) is 0. The molecule has 1 aromatic carbocycles. The standard InChI is InChI=1S/2C6H15P.C6H5.ClH.Pd/c2*1-4-7(5-2)6-3;1-2-4-6-5-3-1;;/h2*4-6H2,1-3H3;1-5H;1H;/q;;;;+1/p-1. The minimum atomic E-state index is 0.235. The zero-order chi connectivity index (χ0) is 17.2. The predicted molar refractivity (Wildman–Crippen MR) is 109 cm³/mol. The van der Waals surface area contributed by atoms with Crippen LogP contribution in [0.1, 0.15) is 41.5 Å². The third kappa shape index (κ3) is 15.9. The summed E-state index contributed by atoms with van der Waals surface area (Å²) < 4.78 is 1.23. The number of hydrogen-bond donors (Lipinski definition) is 0. The van der Waals surface area contributed by atoms with Crippen molar-refractivity contribution in [2.24, 2.45) is 0 Å². The van der Waals surface area contributed by atoms with E-state index in [9.17, 15) is 0 Å². The Bertz CT molecular complexity index is 278. The molecule has 0 amide bonds. The Kier molecular flexibility index (Phi) is 23.1. The number of rotatable bonds is 7. The van der Waals surface area contributed by atoms with Crippen molar-refractivity contribution in [3.05, 3.63) is 30.3 Å². The molecule has 0 N–H and O–H groups in total. The average Bonchev–Trinajstić information content (AvgIpc) is 2.60. The fourth-order valence-electron chi connectivity index (χ4n) is 1.78. The molecule has 0 saturated carbocycles. The Morgan fingerprint density at radius 1 is 0.682 bits per heavy atom.